The lowest BCUT2D eigenvalue weighted by Crippen LogP contribution is -2.25. The maximum absolute atomic E-state index is 13.4. The summed E-state index contributed by atoms with van der Waals surface area (Å²) in [7, 11) is 0. The van der Waals surface area contributed by atoms with Crippen molar-refractivity contribution in [2.75, 3.05) is 0 Å². The number of fused-ring (bicyclic) bond motifs is 4. The zero-order chi connectivity index (χ0) is 24.9. The minimum atomic E-state index is -0.635. The van der Waals surface area contributed by atoms with E-state index in [1.807, 2.05) is 0 Å². The molecule has 7 nitrogen and oxygen atoms in total. The van der Waals surface area contributed by atoms with Crippen molar-refractivity contribution in [3.05, 3.63) is 77.6 Å². The smallest absolute Gasteiger partial charge is 0.274 e. The molecule has 0 amide bonds. The monoisotopic (exact) mass is 472 g/mol. The molecule has 4 aromatic carbocycles. The molecule has 7 heteroatoms. The molecule has 0 spiro atoms. The summed E-state index contributed by atoms with van der Waals surface area (Å²) in [5.41, 5.74) is -2.20. The Morgan fingerprint density at radius 2 is 1.26 bits per heavy atom. The highest BCUT2D eigenvalue weighted by atomic mass is 16.3. The van der Waals surface area contributed by atoms with E-state index in [0.717, 1.165) is 32.1 Å². The van der Waals surface area contributed by atoms with Gasteiger partial charge in [-0.25, -0.2) is 0 Å². The molecule has 0 aliphatic carbocycles. The number of unbranched alkanes of at least 4 members (excludes halogenated alkanes) is 5. The molecule has 1 heterocycles. The SMILES string of the molecule is CCCCCCCCn1c(=O)c2cc3c(=O)c4c(O)c5ccccc5c([OH2+])c4c(=O)c3cc2c1=O. The average Bonchev–Trinajstić information content (AvgIpc) is 3.10. The molecular weight excluding hydrogens is 446 g/mol. The molecule has 5 rings (SSSR count). The Hall–Kier alpha value is -4.00. The number of aromatic nitrogens is 1. The molecule has 1 aromatic heterocycles. The Morgan fingerprint density at radius 3 is 1.89 bits per heavy atom. The van der Waals surface area contributed by atoms with Gasteiger partial charge in [-0.05, 0) is 24.6 Å². The fraction of sp³-hybridized carbons (Fsp3) is 0.286. The Kier molecular flexibility index (Phi) is 5.63. The van der Waals surface area contributed by atoms with Crippen LogP contribution in [0.2, 0.25) is 0 Å². The van der Waals surface area contributed by atoms with E-state index in [4.69, 9.17) is 5.11 Å². The number of benzene rings is 4. The molecule has 5 aromatic rings. The van der Waals surface area contributed by atoms with Crippen LogP contribution < -0.4 is 22.0 Å². The topological polar surface area (TPSA) is 116 Å². The van der Waals surface area contributed by atoms with Crippen LogP contribution in [-0.4, -0.2) is 14.8 Å². The van der Waals surface area contributed by atoms with Crippen molar-refractivity contribution in [3.63, 3.8) is 0 Å². The Bertz CT molecular complexity index is 1710. The van der Waals surface area contributed by atoms with Crippen molar-refractivity contribution in [2.24, 2.45) is 0 Å². The second kappa shape index (κ2) is 8.65. The van der Waals surface area contributed by atoms with E-state index in [9.17, 15) is 24.3 Å². The van der Waals surface area contributed by atoms with Gasteiger partial charge in [0.1, 0.15) is 11.1 Å². The van der Waals surface area contributed by atoms with Crippen molar-refractivity contribution < 1.29 is 10.2 Å². The maximum Gasteiger partial charge on any atom is 0.274 e. The molecule has 0 aliphatic rings. The minimum Gasteiger partial charge on any atom is -0.592 e. The first-order valence-corrected chi connectivity index (χ1v) is 12.0. The van der Waals surface area contributed by atoms with Crippen molar-refractivity contribution >= 4 is 43.1 Å². The minimum absolute atomic E-state index is 0.0213. The lowest BCUT2D eigenvalue weighted by Gasteiger charge is -2.07. The molecule has 0 fully saturated rings. The van der Waals surface area contributed by atoms with Gasteiger partial charge in [-0.15, -0.1) is 0 Å². The maximum atomic E-state index is 13.4. The zero-order valence-electron chi connectivity index (χ0n) is 19.4. The van der Waals surface area contributed by atoms with Crippen LogP contribution in [0.3, 0.4) is 0 Å². The van der Waals surface area contributed by atoms with Gasteiger partial charge in [0.25, 0.3) is 16.9 Å². The van der Waals surface area contributed by atoms with Gasteiger partial charge < -0.3 is 10.2 Å². The van der Waals surface area contributed by atoms with Gasteiger partial charge in [0.15, 0.2) is 5.43 Å². The molecule has 35 heavy (non-hydrogen) atoms. The third kappa shape index (κ3) is 3.41. The fourth-order valence-electron chi connectivity index (χ4n) is 5.10. The summed E-state index contributed by atoms with van der Waals surface area (Å²) in [5.74, 6) is -0.506. The van der Waals surface area contributed by atoms with E-state index in [-0.39, 0.29) is 50.4 Å². The molecule has 0 radical (unpaired) electrons. The number of nitrogens with zero attached hydrogens (tertiary/aromatic N) is 1. The van der Waals surface area contributed by atoms with Gasteiger partial charge in [-0.2, -0.15) is 0 Å². The lowest BCUT2D eigenvalue weighted by atomic mass is 9.95. The Morgan fingerprint density at radius 1 is 0.714 bits per heavy atom. The van der Waals surface area contributed by atoms with Gasteiger partial charge >= 0.3 is 0 Å². The van der Waals surface area contributed by atoms with Gasteiger partial charge in [-0.1, -0.05) is 57.2 Å². The predicted molar refractivity (Wildman–Crippen MR) is 140 cm³/mol. The number of phenolic OH excluding ortho intramolecular Hbond substituents is 1. The summed E-state index contributed by atoms with van der Waals surface area (Å²) in [6.07, 6.45) is 6.07. The van der Waals surface area contributed by atoms with Crippen LogP contribution in [0.4, 0.5) is 0 Å². The second-order valence-corrected chi connectivity index (χ2v) is 9.15. The second-order valence-electron chi connectivity index (χ2n) is 9.15. The first kappa shape index (κ1) is 22.8. The number of rotatable bonds is 7. The molecule has 0 aliphatic heterocycles. The first-order valence-electron chi connectivity index (χ1n) is 12.0. The van der Waals surface area contributed by atoms with Gasteiger partial charge in [-0.3, -0.25) is 23.7 Å². The molecule has 0 saturated heterocycles. The van der Waals surface area contributed by atoms with E-state index in [1.54, 1.807) is 24.3 Å². The van der Waals surface area contributed by atoms with Crippen molar-refractivity contribution in [1.29, 1.82) is 0 Å². The lowest BCUT2D eigenvalue weighted by molar-refractivity contribution is 0.478. The summed E-state index contributed by atoms with van der Waals surface area (Å²) in [6, 6.07) is 9.16. The van der Waals surface area contributed by atoms with Crippen LogP contribution in [0.1, 0.15) is 45.4 Å². The molecule has 0 saturated carbocycles. The Balaban J connectivity index is 1.73. The third-order valence-corrected chi connectivity index (χ3v) is 6.98. The van der Waals surface area contributed by atoms with Crippen LogP contribution in [0.15, 0.2) is 55.6 Å². The standard InChI is InChI=1S/C28H25NO6/c1-2-3-4-5-6-9-12-29-27(34)19-13-17-18(14-20(19)28(29)35)26(33)22-21(25(17)32)23(30)15-10-7-8-11-16(15)24(22)31/h7-8,10-11,13-14,30-31H,2-6,9,12H2,1H3/p+1. The van der Waals surface area contributed by atoms with Gasteiger partial charge in [0.05, 0.1) is 21.5 Å². The molecule has 0 atom stereocenters. The van der Waals surface area contributed by atoms with Crippen molar-refractivity contribution in [1.82, 2.24) is 4.57 Å². The van der Waals surface area contributed by atoms with Crippen LogP contribution in [0.5, 0.6) is 11.5 Å². The highest BCUT2D eigenvalue weighted by Crippen LogP contribution is 2.39. The van der Waals surface area contributed by atoms with E-state index < -0.39 is 22.0 Å². The van der Waals surface area contributed by atoms with Gasteiger partial charge in [0.2, 0.25) is 5.43 Å². The largest absolute Gasteiger partial charge is 0.592 e. The molecule has 3 N–H and O–H groups in total. The highest BCUT2D eigenvalue weighted by Gasteiger charge is 2.25. The average molecular weight is 473 g/mol. The van der Waals surface area contributed by atoms with Crippen molar-refractivity contribution in [3.8, 4) is 11.5 Å². The van der Waals surface area contributed by atoms with Crippen LogP contribution in [0, 0.1) is 0 Å². The number of phenols is 1. The van der Waals surface area contributed by atoms with E-state index in [2.05, 4.69) is 6.92 Å². The van der Waals surface area contributed by atoms with E-state index in [1.165, 1.54) is 16.7 Å². The van der Waals surface area contributed by atoms with E-state index in [0.29, 0.717) is 17.2 Å². The summed E-state index contributed by atoms with van der Waals surface area (Å²) < 4.78 is 1.18. The van der Waals surface area contributed by atoms with Crippen LogP contribution in [0.25, 0.3) is 43.1 Å². The zero-order valence-corrected chi connectivity index (χ0v) is 19.4. The highest BCUT2D eigenvalue weighted by molar-refractivity contribution is 6.15. The summed E-state index contributed by atoms with van der Waals surface area (Å²) in [6.45, 7) is 2.43. The Labute approximate surface area is 199 Å². The third-order valence-electron chi connectivity index (χ3n) is 6.98. The molecule has 178 valence electrons. The number of hydrogen-bond donors (Lipinski definition) is 1. The van der Waals surface area contributed by atoms with Crippen LogP contribution >= 0.6 is 0 Å². The number of hydrogen-bond acceptors (Lipinski definition) is 5. The summed E-state index contributed by atoms with van der Waals surface area (Å²) >= 11 is 0. The summed E-state index contributed by atoms with van der Waals surface area (Å²) in [5, 5.41) is 19.8. The molecular formula is C28H26NO6+. The molecule has 0 unspecified atom stereocenters. The summed E-state index contributed by atoms with van der Waals surface area (Å²) in [4.78, 5) is 52.9. The molecule has 0 bridgehead atoms. The normalized spacial score (nSPS) is 11.9. The number of aromatic hydroxyl groups is 1. The van der Waals surface area contributed by atoms with Crippen molar-refractivity contribution in [2.45, 2.75) is 52.0 Å². The van der Waals surface area contributed by atoms with Crippen LogP contribution in [-0.2, 0) is 6.54 Å². The van der Waals surface area contributed by atoms with E-state index >= 15 is 0 Å². The predicted octanol–water partition coefficient (Wildman–Crippen LogP) is 3.92. The quantitative estimate of drug-likeness (QED) is 0.219. The first-order chi connectivity index (χ1) is 16.9. The fourth-order valence-corrected chi connectivity index (χ4v) is 5.10. The van der Waals surface area contributed by atoms with Gasteiger partial charge in [0, 0.05) is 22.7 Å².